The third kappa shape index (κ3) is 13.6. The van der Waals surface area contributed by atoms with E-state index in [0.717, 1.165) is 88.9 Å². The van der Waals surface area contributed by atoms with Crippen LogP contribution in [-0.2, 0) is 0 Å². The number of benzene rings is 20. The van der Waals surface area contributed by atoms with Crippen LogP contribution in [0, 0.1) is 87.1 Å². The van der Waals surface area contributed by atoms with Crippen LogP contribution in [0.25, 0.3) is 114 Å². The Balaban J connectivity index is 0.000000163. The van der Waals surface area contributed by atoms with Gasteiger partial charge in [0, 0.05) is 102 Å². The Labute approximate surface area is 706 Å². The van der Waals surface area contributed by atoms with Gasteiger partial charge >= 0.3 is 0 Å². The number of anilines is 12. The lowest BCUT2D eigenvalue weighted by Crippen LogP contribution is -2.15. The van der Waals surface area contributed by atoms with Gasteiger partial charge in [0.15, 0.2) is 29.0 Å². The van der Waals surface area contributed by atoms with Gasteiger partial charge in [-0.15, -0.1) is 0 Å². The molecule has 0 aliphatic rings. The lowest BCUT2D eigenvalue weighted by molar-refractivity contribution is 0.584. The molecule has 0 aliphatic carbocycles. The molecule has 0 aromatic heterocycles. The van der Waals surface area contributed by atoms with E-state index in [1.165, 1.54) is 24.3 Å². The highest BCUT2D eigenvalue weighted by Crippen LogP contribution is 2.55. The second kappa shape index (κ2) is 32.1. The van der Waals surface area contributed by atoms with Crippen LogP contribution in [-0.4, -0.2) is 0 Å². The molecule has 20 rings (SSSR count). The van der Waals surface area contributed by atoms with Crippen LogP contribution in [0.3, 0.4) is 0 Å². The standard InChI is InChI=1S/2C54H30F4N4/c1-60-40-13-9-12-37(27-40)46-29-39(56)31-48(58)54(46)62(42-16-6-3-7-17-42)50-25-21-35-18-22-43-49(24-20-34-19-23-44(50)52(35)51(34)43)61(41-14-4-2-5-15-41)53-45(28-38(55)30-47(53)57)36-11-8-10-33(26-36)32-59;55-37-27-45(41-17-9-7-11-35(41)31-59)53(47(57)29-37)61(39-13-3-1-4-14-39)49-25-21-33-20-24-44-50(26-22-34-19-23-43(49)51(33)52(34)44)62(40-15-5-2-6-16-40)54-46(28-38(56)30-48(54)58)42-18-10-8-12-36(42)32-60/h2-31H;1-30H. The average molecular weight is 1620 g/mol. The highest BCUT2D eigenvalue weighted by molar-refractivity contribution is 6.30. The number of para-hydroxylation sites is 4. The second-order valence-corrected chi connectivity index (χ2v) is 29.7. The molecule has 0 saturated carbocycles. The Morgan fingerprint density at radius 1 is 0.242 bits per heavy atom. The van der Waals surface area contributed by atoms with Crippen LogP contribution >= 0.6 is 0 Å². The molecule has 8 nitrogen and oxygen atoms in total. The fraction of sp³-hybridized carbons (Fsp3) is 0. The van der Waals surface area contributed by atoms with Crippen molar-refractivity contribution in [1.29, 1.82) is 15.8 Å². The van der Waals surface area contributed by atoms with Crippen LogP contribution in [0.1, 0.15) is 16.7 Å². The monoisotopic (exact) mass is 1620 g/mol. The van der Waals surface area contributed by atoms with Gasteiger partial charge in [0.25, 0.3) is 0 Å². The molecule has 0 atom stereocenters. The molecular weight excluding hydrogens is 1560 g/mol. The van der Waals surface area contributed by atoms with Crippen molar-refractivity contribution in [3.8, 4) is 62.7 Å². The molecule has 588 valence electrons. The van der Waals surface area contributed by atoms with E-state index in [1.54, 1.807) is 117 Å². The third-order valence-corrected chi connectivity index (χ3v) is 22.5. The largest absolute Gasteiger partial charge is 0.307 e. The van der Waals surface area contributed by atoms with Gasteiger partial charge in [-0.25, -0.2) is 40.0 Å². The fourth-order valence-corrected chi connectivity index (χ4v) is 17.3. The summed E-state index contributed by atoms with van der Waals surface area (Å²) in [5, 5.41) is 39.9. The Kier molecular flexibility index (Phi) is 19.9. The van der Waals surface area contributed by atoms with E-state index in [0.29, 0.717) is 79.0 Å². The highest BCUT2D eigenvalue weighted by atomic mass is 19.2. The van der Waals surface area contributed by atoms with Crippen LogP contribution in [0.15, 0.2) is 364 Å². The molecule has 0 N–H and O–H groups in total. The molecule has 0 heterocycles. The maximum absolute atomic E-state index is 16.7. The smallest absolute Gasteiger partial charge is 0.187 e. The second-order valence-electron chi connectivity index (χ2n) is 29.7. The zero-order chi connectivity index (χ0) is 85.0. The number of halogens is 8. The maximum Gasteiger partial charge on any atom is 0.187 e. The maximum atomic E-state index is 16.7. The number of hydrogen-bond donors (Lipinski definition) is 0. The molecule has 0 aliphatic heterocycles. The van der Waals surface area contributed by atoms with Crippen LogP contribution in [0.5, 0.6) is 0 Å². The average Bonchev–Trinajstić information content (AvgIpc) is 0.718. The number of nitrogens with zero attached hydrogens (tertiary/aromatic N) is 8. The predicted molar refractivity (Wildman–Crippen MR) is 481 cm³/mol. The first-order chi connectivity index (χ1) is 60.6. The third-order valence-electron chi connectivity index (χ3n) is 22.5. The normalized spacial score (nSPS) is 11.2. The van der Waals surface area contributed by atoms with Crippen molar-refractivity contribution in [1.82, 2.24) is 0 Å². The molecule has 16 heteroatoms. The van der Waals surface area contributed by atoms with Crippen molar-refractivity contribution in [2.45, 2.75) is 0 Å². The van der Waals surface area contributed by atoms with E-state index in [4.69, 9.17) is 6.57 Å². The minimum atomic E-state index is -0.821. The molecule has 20 aromatic rings. The summed E-state index contributed by atoms with van der Waals surface area (Å²) in [7, 11) is 0. The first kappa shape index (κ1) is 77.0. The SMILES string of the molecule is N#Cc1ccccc1-c1cc(F)cc(F)c1N(c1ccccc1)c1ccc2ccc3c(N(c4ccccc4)c4c(F)cc(F)cc4-c4ccccc4C#N)ccc4ccc1c2c43.[C-]#[N+]c1cccc(-c2cc(F)cc(F)c2N(c2ccccc2)c2ccc3ccc4c(N(c5ccccc5)c5c(F)cc(F)cc5-c5cccc(C#N)c5)ccc5ccc2c3c54)c1. The molecule has 0 spiro atoms. The van der Waals surface area contributed by atoms with E-state index in [9.17, 15) is 15.8 Å². The summed E-state index contributed by atoms with van der Waals surface area (Å²) in [5.41, 5.74) is 8.93. The summed E-state index contributed by atoms with van der Waals surface area (Å²) in [6.45, 7) is 7.63. The van der Waals surface area contributed by atoms with Gasteiger partial charge in [0.2, 0.25) is 0 Å². The van der Waals surface area contributed by atoms with Crippen molar-refractivity contribution in [3.05, 3.63) is 439 Å². The fourth-order valence-electron chi connectivity index (χ4n) is 17.3. The molecule has 0 fully saturated rings. The van der Waals surface area contributed by atoms with Gasteiger partial charge in [0.1, 0.15) is 23.3 Å². The highest BCUT2D eigenvalue weighted by Gasteiger charge is 2.33. The molecule has 0 bridgehead atoms. The van der Waals surface area contributed by atoms with Gasteiger partial charge in [-0.3, -0.25) is 0 Å². The topological polar surface area (TPSA) is 88.7 Å². The van der Waals surface area contributed by atoms with Gasteiger partial charge in [-0.05, 0) is 182 Å². The van der Waals surface area contributed by atoms with Crippen molar-refractivity contribution in [3.63, 3.8) is 0 Å². The number of nitriles is 3. The summed E-state index contributed by atoms with van der Waals surface area (Å²) in [6, 6.07) is 110. The number of hydrogen-bond acceptors (Lipinski definition) is 7. The van der Waals surface area contributed by atoms with Crippen LogP contribution in [0.4, 0.5) is 109 Å². The molecule has 0 radical (unpaired) electrons. The lowest BCUT2D eigenvalue weighted by Gasteiger charge is -2.31. The van der Waals surface area contributed by atoms with E-state index in [1.807, 2.05) is 218 Å². The van der Waals surface area contributed by atoms with Gasteiger partial charge in [0.05, 0.1) is 87.0 Å². The lowest BCUT2D eigenvalue weighted by atomic mass is 9.91. The Hall–Kier alpha value is -16.9. The van der Waals surface area contributed by atoms with Gasteiger partial charge in [-0.2, -0.15) is 15.8 Å². The van der Waals surface area contributed by atoms with Crippen molar-refractivity contribution < 1.29 is 35.1 Å². The predicted octanol–water partition coefficient (Wildman–Crippen LogP) is 31.0. The Morgan fingerprint density at radius 2 is 0.524 bits per heavy atom. The van der Waals surface area contributed by atoms with Crippen LogP contribution in [0.2, 0.25) is 0 Å². The number of rotatable bonds is 16. The minimum absolute atomic E-state index is 0.0586. The van der Waals surface area contributed by atoms with Crippen molar-refractivity contribution in [2.24, 2.45) is 0 Å². The first-order valence-electron chi connectivity index (χ1n) is 39.4. The zero-order valence-electron chi connectivity index (χ0n) is 65.2. The van der Waals surface area contributed by atoms with Crippen molar-refractivity contribution >= 4 is 139 Å². The van der Waals surface area contributed by atoms with Crippen molar-refractivity contribution in [2.75, 3.05) is 19.6 Å². The zero-order valence-corrected chi connectivity index (χ0v) is 65.2. The van der Waals surface area contributed by atoms with E-state index < -0.39 is 46.5 Å². The summed E-state index contributed by atoms with van der Waals surface area (Å²) >= 11 is 0. The molecule has 20 aromatic carbocycles. The molecule has 0 saturated heterocycles. The minimum Gasteiger partial charge on any atom is -0.307 e. The first-order valence-corrected chi connectivity index (χ1v) is 39.4. The van der Waals surface area contributed by atoms with E-state index >= 15 is 35.1 Å². The Bertz CT molecular complexity index is 7360. The summed E-state index contributed by atoms with van der Waals surface area (Å²) in [5.74, 6) is -6.32. The van der Waals surface area contributed by atoms with Crippen LogP contribution < -0.4 is 19.6 Å². The quantitative estimate of drug-likeness (QED) is 0.0541. The summed E-state index contributed by atoms with van der Waals surface area (Å²) in [4.78, 5) is 10.7. The molecule has 0 unspecified atom stereocenters. The molecular formula is C108H60F8N8. The summed E-state index contributed by atoms with van der Waals surface area (Å²) < 4.78 is 128. The van der Waals surface area contributed by atoms with Gasteiger partial charge < -0.3 is 19.6 Å². The van der Waals surface area contributed by atoms with E-state index in [2.05, 4.69) is 23.1 Å². The summed E-state index contributed by atoms with van der Waals surface area (Å²) in [6.07, 6.45) is 0. The van der Waals surface area contributed by atoms with Gasteiger partial charge in [-0.1, -0.05) is 212 Å². The van der Waals surface area contributed by atoms with E-state index in [-0.39, 0.29) is 56.1 Å². The molecule has 124 heavy (non-hydrogen) atoms. The Morgan fingerprint density at radius 3 is 0.839 bits per heavy atom. The molecule has 0 amide bonds.